The number of carbonyl (C=O) groups excluding carboxylic acids is 1. The predicted molar refractivity (Wildman–Crippen MR) is 63.9 cm³/mol. The number of halogens is 1. The molecule has 1 aliphatic heterocycles. The van der Waals surface area contributed by atoms with Gasteiger partial charge in [-0.15, -0.1) is 0 Å². The van der Waals surface area contributed by atoms with Crippen molar-refractivity contribution in [2.24, 2.45) is 5.73 Å². The highest BCUT2D eigenvalue weighted by Gasteiger charge is 2.28. The molecule has 0 spiro atoms. The molecule has 1 amide bonds. The Kier molecular flexibility index (Phi) is 3.43. The van der Waals surface area contributed by atoms with E-state index in [0.29, 0.717) is 31.5 Å². The maximum atomic E-state index is 13.8. The van der Waals surface area contributed by atoms with Gasteiger partial charge in [0, 0.05) is 25.1 Å². The molecule has 1 heterocycles. The van der Waals surface area contributed by atoms with E-state index in [0.717, 1.165) is 5.56 Å². The lowest BCUT2D eigenvalue weighted by Gasteiger charge is -2.35. The number of hydrogen-bond acceptors (Lipinski definition) is 2. The van der Waals surface area contributed by atoms with Crippen LogP contribution in [0.15, 0.2) is 18.2 Å². The van der Waals surface area contributed by atoms with Crippen LogP contribution in [0.5, 0.6) is 0 Å². The molecule has 0 unspecified atom stereocenters. The Balaban J connectivity index is 2.29. The van der Waals surface area contributed by atoms with Crippen LogP contribution in [-0.4, -0.2) is 23.9 Å². The van der Waals surface area contributed by atoms with Crippen molar-refractivity contribution in [1.82, 2.24) is 4.90 Å². The molecule has 1 aromatic rings. The molecule has 1 aliphatic rings. The Morgan fingerprint density at radius 1 is 1.59 bits per heavy atom. The molecule has 4 heteroatoms. The lowest BCUT2D eigenvalue weighted by Crippen LogP contribution is -2.40. The first-order valence-corrected chi connectivity index (χ1v) is 5.92. The minimum atomic E-state index is -0.222. The van der Waals surface area contributed by atoms with Crippen molar-refractivity contribution in [2.75, 3.05) is 13.1 Å². The van der Waals surface area contributed by atoms with Gasteiger partial charge < -0.3 is 10.6 Å². The van der Waals surface area contributed by atoms with Crippen molar-refractivity contribution in [3.05, 3.63) is 35.1 Å². The van der Waals surface area contributed by atoms with Crippen LogP contribution in [0, 0.1) is 5.82 Å². The van der Waals surface area contributed by atoms with E-state index in [1.54, 1.807) is 11.0 Å². The zero-order chi connectivity index (χ0) is 12.4. The molecule has 2 rings (SSSR count). The maximum Gasteiger partial charge on any atom is 0.224 e. The predicted octanol–water partition coefficient (Wildman–Crippen LogP) is 1.62. The third-order valence-corrected chi connectivity index (χ3v) is 3.33. The maximum absolute atomic E-state index is 13.8. The Morgan fingerprint density at radius 2 is 2.35 bits per heavy atom. The summed E-state index contributed by atoms with van der Waals surface area (Å²) in [6.07, 6.45) is 1.04. The fourth-order valence-electron chi connectivity index (χ4n) is 2.47. The van der Waals surface area contributed by atoms with Gasteiger partial charge in [0.15, 0.2) is 0 Å². The molecular formula is C13H17FN2O. The van der Waals surface area contributed by atoms with Gasteiger partial charge in [-0.05, 0) is 25.0 Å². The highest BCUT2D eigenvalue weighted by atomic mass is 19.1. The lowest BCUT2D eigenvalue weighted by molar-refractivity contribution is -0.133. The van der Waals surface area contributed by atoms with Crippen molar-refractivity contribution in [3.63, 3.8) is 0 Å². The first kappa shape index (κ1) is 12.0. The number of benzene rings is 1. The SMILES string of the molecule is C[C@@H]1c2c(F)cccc2CCN1C(=O)CCN. The highest BCUT2D eigenvalue weighted by Crippen LogP contribution is 2.31. The third kappa shape index (κ3) is 2.17. The zero-order valence-electron chi connectivity index (χ0n) is 9.95. The van der Waals surface area contributed by atoms with Crippen LogP contribution in [0.3, 0.4) is 0 Å². The van der Waals surface area contributed by atoms with Crippen LogP contribution in [0.1, 0.15) is 30.5 Å². The molecule has 1 aromatic carbocycles. The van der Waals surface area contributed by atoms with Crippen molar-refractivity contribution in [3.8, 4) is 0 Å². The van der Waals surface area contributed by atoms with Crippen molar-refractivity contribution >= 4 is 5.91 Å². The fraction of sp³-hybridized carbons (Fsp3) is 0.462. The first-order valence-electron chi connectivity index (χ1n) is 5.92. The van der Waals surface area contributed by atoms with Gasteiger partial charge in [-0.2, -0.15) is 0 Å². The zero-order valence-corrected chi connectivity index (χ0v) is 9.95. The Morgan fingerprint density at radius 3 is 3.06 bits per heavy atom. The molecule has 2 N–H and O–H groups in total. The van der Waals surface area contributed by atoms with Crippen LogP contribution in [0.2, 0.25) is 0 Å². The van der Waals surface area contributed by atoms with Crippen LogP contribution in [-0.2, 0) is 11.2 Å². The molecule has 17 heavy (non-hydrogen) atoms. The fourth-order valence-corrected chi connectivity index (χ4v) is 2.47. The average Bonchev–Trinajstić information content (AvgIpc) is 2.29. The van der Waals surface area contributed by atoms with E-state index in [4.69, 9.17) is 5.73 Å². The van der Waals surface area contributed by atoms with Gasteiger partial charge >= 0.3 is 0 Å². The number of amides is 1. The molecule has 0 saturated heterocycles. The summed E-state index contributed by atoms with van der Waals surface area (Å²) >= 11 is 0. The summed E-state index contributed by atoms with van der Waals surface area (Å²) in [5.74, 6) is -0.214. The lowest BCUT2D eigenvalue weighted by atomic mass is 9.93. The monoisotopic (exact) mass is 236 g/mol. The number of fused-ring (bicyclic) bond motifs is 1. The van der Waals surface area contributed by atoms with E-state index < -0.39 is 0 Å². The molecule has 0 aliphatic carbocycles. The summed E-state index contributed by atoms with van der Waals surface area (Å²) in [4.78, 5) is 13.6. The second-order valence-corrected chi connectivity index (χ2v) is 4.36. The molecule has 0 saturated carbocycles. The molecule has 3 nitrogen and oxygen atoms in total. The summed E-state index contributed by atoms with van der Waals surface area (Å²) < 4.78 is 13.8. The summed E-state index contributed by atoms with van der Waals surface area (Å²) in [5.41, 5.74) is 7.05. The average molecular weight is 236 g/mol. The van der Waals surface area contributed by atoms with Crippen molar-refractivity contribution in [1.29, 1.82) is 0 Å². The standard InChI is InChI=1S/C13H17FN2O/c1-9-13-10(3-2-4-11(13)14)6-8-16(9)12(17)5-7-15/h2-4,9H,5-8,15H2,1H3/t9-/m1/s1. The normalized spacial score (nSPS) is 19.0. The Labute approximate surface area is 100 Å². The van der Waals surface area contributed by atoms with E-state index in [1.165, 1.54) is 6.07 Å². The number of nitrogens with two attached hydrogens (primary N) is 1. The molecule has 0 fully saturated rings. The minimum Gasteiger partial charge on any atom is -0.335 e. The van der Waals surface area contributed by atoms with Crippen molar-refractivity contribution < 1.29 is 9.18 Å². The molecular weight excluding hydrogens is 219 g/mol. The quantitative estimate of drug-likeness (QED) is 0.848. The highest BCUT2D eigenvalue weighted by molar-refractivity contribution is 5.77. The van der Waals surface area contributed by atoms with Gasteiger partial charge in [0.2, 0.25) is 5.91 Å². The third-order valence-electron chi connectivity index (χ3n) is 3.33. The van der Waals surface area contributed by atoms with E-state index in [1.807, 2.05) is 13.0 Å². The molecule has 92 valence electrons. The van der Waals surface area contributed by atoms with E-state index in [2.05, 4.69) is 0 Å². The van der Waals surface area contributed by atoms with E-state index >= 15 is 0 Å². The Hall–Kier alpha value is -1.42. The summed E-state index contributed by atoms with van der Waals surface area (Å²) in [6.45, 7) is 2.86. The van der Waals surface area contributed by atoms with Gasteiger partial charge in [-0.25, -0.2) is 4.39 Å². The van der Waals surface area contributed by atoms with Crippen LogP contribution < -0.4 is 5.73 Å². The second-order valence-electron chi connectivity index (χ2n) is 4.36. The molecule has 1 atom stereocenters. The molecule has 0 aromatic heterocycles. The summed E-state index contributed by atoms with van der Waals surface area (Å²) in [7, 11) is 0. The largest absolute Gasteiger partial charge is 0.335 e. The van der Waals surface area contributed by atoms with E-state index in [-0.39, 0.29) is 17.8 Å². The smallest absolute Gasteiger partial charge is 0.224 e. The number of rotatable bonds is 2. The molecule has 0 bridgehead atoms. The summed E-state index contributed by atoms with van der Waals surface area (Å²) in [5, 5.41) is 0. The Bertz CT molecular complexity index is 433. The number of carbonyl (C=O) groups is 1. The second kappa shape index (κ2) is 4.84. The van der Waals surface area contributed by atoms with Gasteiger partial charge in [0.25, 0.3) is 0 Å². The van der Waals surface area contributed by atoms with Crippen LogP contribution >= 0.6 is 0 Å². The van der Waals surface area contributed by atoms with E-state index in [9.17, 15) is 9.18 Å². The van der Waals surface area contributed by atoms with Crippen LogP contribution in [0.4, 0.5) is 4.39 Å². The van der Waals surface area contributed by atoms with Gasteiger partial charge in [0.05, 0.1) is 6.04 Å². The number of nitrogens with zero attached hydrogens (tertiary/aromatic N) is 1. The summed E-state index contributed by atoms with van der Waals surface area (Å²) in [6, 6.07) is 4.91. The van der Waals surface area contributed by atoms with Crippen molar-refractivity contribution in [2.45, 2.75) is 25.8 Å². The van der Waals surface area contributed by atoms with Gasteiger partial charge in [-0.3, -0.25) is 4.79 Å². The topological polar surface area (TPSA) is 46.3 Å². The number of hydrogen-bond donors (Lipinski definition) is 1. The first-order chi connectivity index (χ1) is 8.15. The van der Waals surface area contributed by atoms with Crippen LogP contribution in [0.25, 0.3) is 0 Å². The van der Waals surface area contributed by atoms with Gasteiger partial charge in [-0.1, -0.05) is 12.1 Å². The van der Waals surface area contributed by atoms with Gasteiger partial charge in [0.1, 0.15) is 5.82 Å². The minimum absolute atomic E-state index is 0.00824. The molecule has 0 radical (unpaired) electrons.